The first-order chi connectivity index (χ1) is 14.4. The number of aromatic nitrogens is 3. The van der Waals surface area contributed by atoms with Crippen molar-refractivity contribution in [1.82, 2.24) is 14.9 Å². The van der Waals surface area contributed by atoms with Crippen molar-refractivity contribution in [3.05, 3.63) is 87.2 Å². The maximum absolute atomic E-state index is 13.0. The van der Waals surface area contributed by atoms with Crippen LogP contribution in [0.25, 0.3) is 11.3 Å². The number of benzene rings is 2. The summed E-state index contributed by atoms with van der Waals surface area (Å²) < 4.78 is 19.0. The topological polar surface area (TPSA) is 106 Å². The maximum atomic E-state index is 13.0. The van der Waals surface area contributed by atoms with E-state index in [-0.39, 0.29) is 11.4 Å². The number of rotatable bonds is 4. The molecule has 0 aliphatic rings. The van der Waals surface area contributed by atoms with Crippen LogP contribution in [-0.2, 0) is 0 Å². The third-order valence-electron chi connectivity index (χ3n) is 4.19. The Labute approximate surface area is 173 Å². The van der Waals surface area contributed by atoms with E-state index < -0.39 is 17.3 Å². The zero-order chi connectivity index (χ0) is 21.3. The lowest BCUT2D eigenvalue weighted by Crippen LogP contribution is -2.25. The van der Waals surface area contributed by atoms with E-state index >= 15 is 0 Å². The van der Waals surface area contributed by atoms with Gasteiger partial charge in [0.25, 0.3) is 0 Å². The van der Waals surface area contributed by atoms with Crippen molar-refractivity contribution in [3.8, 4) is 11.3 Å². The maximum Gasteiger partial charge on any atom is 0.302 e. The lowest BCUT2D eigenvalue weighted by atomic mass is 10.1. The summed E-state index contributed by atoms with van der Waals surface area (Å²) in [6.45, 7) is 1.58. The van der Waals surface area contributed by atoms with Crippen LogP contribution in [0.1, 0.15) is 16.2 Å². The number of hydrogen-bond donors (Lipinski definition) is 1. The van der Waals surface area contributed by atoms with Gasteiger partial charge >= 0.3 is 11.5 Å². The van der Waals surface area contributed by atoms with Crippen LogP contribution in [0.2, 0.25) is 5.02 Å². The summed E-state index contributed by atoms with van der Waals surface area (Å²) >= 11 is 5.87. The van der Waals surface area contributed by atoms with Crippen molar-refractivity contribution < 1.29 is 13.7 Å². The average molecular weight is 426 g/mol. The van der Waals surface area contributed by atoms with Gasteiger partial charge in [0.15, 0.2) is 17.1 Å². The molecule has 0 spiro atoms. The van der Waals surface area contributed by atoms with Gasteiger partial charge in [-0.3, -0.25) is 14.7 Å². The first kappa shape index (κ1) is 19.5. The number of nitrogens with zero attached hydrogens (tertiary/aromatic N) is 4. The van der Waals surface area contributed by atoms with E-state index in [0.29, 0.717) is 27.7 Å². The Hall–Kier alpha value is -3.85. The number of aryl methyl sites for hydroxylation is 1. The number of hydrogen-bond acceptors (Lipinski definition) is 6. The van der Waals surface area contributed by atoms with Crippen LogP contribution in [0.15, 0.2) is 74.1 Å². The monoisotopic (exact) mass is 425 g/mol. The summed E-state index contributed by atoms with van der Waals surface area (Å²) in [6, 6.07) is 13.5. The van der Waals surface area contributed by atoms with Gasteiger partial charge in [0.2, 0.25) is 0 Å². The van der Waals surface area contributed by atoms with Crippen molar-refractivity contribution in [2.75, 3.05) is 0 Å². The number of carbonyl (C=O) groups excluding carboxylic acids is 1. The van der Waals surface area contributed by atoms with Crippen molar-refractivity contribution in [1.29, 1.82) is 0 Å². The lowest BCUT2D eigenvalue weighted by molar-refractivity contribution is 0.0932. The number of nitrogens with one attached hydrogen (secondary N) is 1. The Morgan fingerprint density at radius 1 is 1.13 bits per heavy atom. The number of carbonyl (C=O) groups is 1. The van der Waals surface area contributed by atoms with Crippen LogP contribution in [0, 0.1) is 12.7 Å². The highest BCUT2D eigenvalue weighted by Gasteiger charge is 2.21. The molecular formula is C20H13ClFN5O3. The summed E-state index contributed by atoms with van der Waals surface area (Å²) in [5.41, 5.74) is 0.563. The quantitative estimate of drug-likeness (QED) is 0.462. The molecular weight excluding hydrogens is 413 g/mol. The van der Waals surface area contributed by atoms with Gasteiger partial charge in [0, 0.05) is 16.7 Å². The van der Waals surface area contributed by atoms with Gasteiger partial charge in [-0.1, -0.05) is 16.8 Å². The number of H-pyrrole nitrogens is 1. The van der Waals surface area contributed by atoms with Crippen molar-refractivity contribution in [3.63, 3.8) is 0 Å². The van der Waals surface area contributed by atoms with E-state index in [1.165, 1.54) is 30.3 Å². The molecule has 0 saturated carbocycles. The zero-order valence-electron chi connectivity index (χ0n) is 15.5. The van der Waals surface area contributed by atoms with Gasteiger partial charge in [0.05, 0.1) is 11.4 Å². The Morgan fingerprint density at radius 2 is 1.83 bits per heavy atom. The van der Waals surface area contributed by atoms with Gasteiger partial charge in [-0.2, -0.15) is 9.80 Å². The minimum atomic E-state index is -0.713. The molecule has 4 rings (SSSR count). The average Bonchev–Trinajstić information content (AvgIpc) is 3.33. The van der Waals surface area contributed by atoms with Crippen molar-refractivity contribution in [2.24, 2.45) is 10.2 Å². The molecule has 150 valence electrons. The molecule has 30 heavy (non-hydrogen) atoms. The molecule has 0 atom stereocenters. The van der Waals surface area contributed by atoms with E-state index in [1.54, 1.807) is 31.2 Å². The summed E-state index contributed by atoms with van der Waals surface area (Å²) in [4.78, 5) is 25.3. The third-order valence-corrected chi connectivity index (χ3v) is 4.45. The highest BCUT2D eigenvalue weighted by Crippen LogP contribution is 2.23. The molecule has 2 heterocycles. The van der Waals surface area contributed by atoms with Gasteiger partial charge in [-0.05, 0) is 55.5 Å². The molecule has 0 radical (unpaired) electrons. The summed E-state index contributed by atoms with van der Waals surface area (Å²) in [7, 11) is 0. The summed E-state index contributed by atoms with van der Waals surface area (Å²) in [6.07, 6.45) is 0. The normalized spacial score (nSPS) is 11.3. The Kier molecular flexibility index (Phi) is 5.11. The number of azo groups is 1. The van der Waals surface area contributed by atoms with E-state index in [0.717, 1.165) is 4.68 Å². The second-order valence-corrected chi connectivity index (χ2v) is 6.73. The summed E-state index contributed by atoms with van der Waals surface area (Å²) in [5, 5.41) is 14.8. The molecule has 0 aliphatic heterocycles. The highest BCUT2D eigenvalue weighted by molar-refractivity contribution is 6.30. The fraction of sp³-hybridized carbons (Fsp3) is 0.0500. The minimum Gasteiger partial charge on any atom is -0.355 e. The Balaban J connectivity index is 1.61. The largest absolute Gasteiger partial charge is 0.355 e. The molecule has 8 nitrogen and oxygen atoms in total. The smallest absolute Gasteiger partial charge is 0.302 e. The Morgan fingerprint density at radius 3 is 2.53 bits per heavy atom. The molecule has 0 amide bonds. The molecule has 2 aromatic heterocycles. The van der Waals surface area contributed by atoms with E-state index in [2.05, 4.69) is 20.5 Å². The molecule has 2 aromatic carbocycles. The molecule has 0 unspecified atom stereocenters. The van der Waals surface area contributed by atoms with Crippen molar-refractivity contribution in [2.45, 2.75) is 6.92 Å². The molecule has 4 aromatic rings. The first-order valence-corrected chi connectivity index (χ1v) is 9.06. The second-order valence-electron chi connectivity index (χ2n) is 6.29. The van der Waals surface area contributed by atoms with E-state index in [9.17, 15) is 14.0 Å². The zero-order valence-corrected chi connectivity index (χ0v) is 16.2. The van der Waals surface area contributed by atoms with Gasteiger partial charge in [-0.15, -0.1) is 5.11 Å². The van der Waals surface area contributed by atoms with Gasteiger partial charge in [0.1, 0.15) is 5.82 Å². The van der Waals surface area contributed by atoms with Crippen LogP contribution >= 0.6 is 11.6 Å². The van der Waals surface area contributed by atoms with Crippen LogP contribution in [0.5, 0.6) is 0 Å². The molecule has 1 N–H and O–H groups in total. The molecule has 0 fully saturated rings. The molecule has 10 heteroatoms. The van der Waals surface area contributed by atoms with Crippen molar-refractivity contribution >= 4 is 28.9 Å². The van der Waals surface area contributed by atoms with Gasteiger partial charge < -0.3 is 4.52 Å². The molecule has 0 bridgehead atoms. The highest BCUT2D eigenvalue weighted by atomic mass is 35.5. The SMILES string of the molecule is Cc1[nH]n(C(=O)c2cc(-c3ccc(Cl)cc3)on2)c(=O)c1N=Nc1ccc(F)cc1. The molecule has 0 saturated heterocycles. The number of halogens is 2. The predicted molar refractivity (Wildman–Crippen MR) is 107 cm³/mol. The van der Waals surface area contributed by atoms with Crippen LogP contribution in [-0.4, -0.2) is 20.8 Å². The minimum absolute atomic E-state index is 0.0471. The van der Waals surface area contributed by atoms with Crippen LogP contribution in [0.3, 0.4) is 0 Å². The standard InChI is InChI=1S/C20H13ClFN5O3/c1-11-18(24-23-15-8-6-14(22)7-9-15)20(29)27(25-11)19(28)16-10-17(30-26-16)12-2-4-13(21)5-3-12/h2-10,25H,1H3. The lowest BCUT2D eigenvalue weighted by Gasteiger charge is -1.95. The first-order valence-electron chi connectivity index (χ1n) is 8.68. The number of aromatic amines is 1. The third kappa shape index (κ3) is 3.83. The van der Waals surface area contributed by atoms with E-state index in [1.807, 2.05) is 0 Å². The Bertz CT molecular complexity index is 1300. The van der Waals surface area contributed by atoms with Crippen LogP contribution < -0.4 is 5.56 Å². The molecule has 0 aliphatic carbocycles. The summed E-state index contributed by atoms with van der Waals surface area (Å²) in [5.74, 6) is -0.775. The van der Waals surface area contributed by atoms with Gasteiger partial charge in [-0.25, -0.2) is 4.39 Å². The van der Waals surface area contributed by atoms with Crippen LogP contribution in [0.4, 0.5) is 15.8 Å². The van der Waals surface area contributed by atoms with E-state index in [4.69, 9.17) is 16.1 Å². The second kappa shape index (κ2) is 7.88. The predicted octanol–water partition coefficient (Wildman–Crippen LogP) is 5.04. The fourth-order valence-electron chi connectivity index (χ4n) is 2.65. The fourth-order valence-corrected chi connectivity index (χ4v) is 2.78.